The number of aliphatic hydroxyl groups excluding tert-OH is 1. The van der Waals surface area contributed by atoms with E-state index < -0.39 is 29.2 Å². The first kappa shape index (κ1) is 26.3. The van der Waals surface area contributed by atoms with E-state index in [0.717, 1.165) is 23.4 Å². The summed E-state index contributed by atoms with van der Waals surface area (Å²) in [5, 5.41) is 12.1. The molecule has 4 atom stereocenters. The zero-order chi connectivity index (χ0) is 28.3. The fourth-order valence-electron chi connectivity index (χ4n) is 6.19. The molecular formula is C28H24F4N4O4. The number of benzene rings is 1. The van der Waals surface area contributed by atoms with Gasteiger partial charge in [0.15, 0.2) is 11.5 Å². The van der Waals surface area contributed by atoms with E-state index in [9.17, 15) is 32.3 Å². The number of carbonyl (C=O) groups excluding carboxylic acids is 2. The second kappa shape index (κ2) is 9.63. The molecule has 1 aromatic carbocycles. The number of halogens is 4. The van der Waals surface area contributed by atoms with Gasteiger partial charge >= 0.3 is 6.18 Å². The van der Waals surface area contributed by atoms with Crippen molar-refractivity contribution >= 4 is 23.3 Å². The molecule has 40 heavy (non-hydrogen) atoms. The summed E-state index contributed by atoms with van der Waals surface area (Å²) in [5.74, 6) is -2.32. The molecule has 0 bridgehead atoms. The average Bonchev–Trinajstić information content (AvgIpc) is 3.30. The predicted molar refractivity (Wildman–Crippen MR) is 135 cm³/mol. The maximum Gasteiger partial charge on any atom is 0.436 e. The first-order valence-electron chi connectivity index (χ1n) is 12.7. The van der Waals surface area contributed by atoms with Crippen molar-refractivity contribution in [1.82, 2.24) is 9.97 Å². The third-order valence-electron chi connectivity index (χ3n) is 8.07. The number of carbonyl (C=O) groups is 2. The summed E-state index contributed by atoms with van der Waals surface area (Å²) in [6.07, 6.45) is -2.71. The normalized spacial score (nSPS) is 23.2. The highest BCUT2D eigenvalue weighted by Gasteiger charge is 2.61. The van der Waals surface area contributed by atoms with Crippen molar-refractivity contribution in [3.63, 3.8) is 0 Å². The van der Waals surface area contributed by atoms with E-state index in [2.05, 4.69) is 15.3 Å². The average molecular weight is 557 g/mol. The van der Waals surface area contributed by atoms with Crippen LogP contribution in [0.2, 0.25) is 0 Å². The van der Waals surface area contributed by atoms with Crippen molar-refractivity contribution in [2.24, 2.45) is 17.8 Å². The Labute approximate surface area is 226 Å². The van der Waals surface area contributed by atoms with Gasteiger partial charge in [0.1, 0.15) is 5.82 Å². The number of β-amino-alcohol motifs (C(OH)–C–C–N with tert-alkyl or cyclic N) is 1. The largest absolute Gasteiger partial charge is 0.436 e. The summed E-state index contributed by atoms with van der Waals surface area (Å²) in [4.78, 5) is 35.1. The van der Waals surface area contributed by atoms with Gasteiger partial charge in [0.25, 0.3) is 5.91 Å². The minimum absolute atomic E-state index is 0.0573. The molecule has 6 rings (SSSR count). The Hall–Kier alpha value is -3.90. The molecule has 4 heterocycles. The van der Waals surface area contributed by atoms with E-state index in [-0.39, 0.29) is 48.4 Å². The molecule has 2 aliphatic heterocycles. The minimum Gasteiger partial charge on any atom is -0.395 e. The van der Waals surface area contributed by atoms with E-state index in [1.54, 1.807) is 24.4 Å². The molecule has 3 aromatic rings. The van der Waals surface area contributed by atoms with Crippen molar-refractivity contribution < 1.29 is 37.0 Å². The topological polar surface area (TPSA) is 105 Å². The zero-order valence-corrected chi connectivity index (χ0v) is 21.2. The van der Waals surface area contributed by atoms with Crippen LogP contribution >= 0.6 is 0 Å². The number of hydrogen-bond donors (Lipinski definition) is 2. The molecule has 1 aliphatic carbocycles. The molecule has 1 saturated carbocycles. The number of hydrogen-bond acceptors (Lipinski definition) is 6. The predicted octanol–water partition coefficient (Wildman–Crippen LogP) is 4.18. The molecule has 4 unspecified atom stereocenters. The summed E-state index contributed by atoms with van der Waals surface area (Å²) in [6.45, 7) is 2.86. The number of alkyl halides is 3. The number of ether oxygens (including phenoxy) is 1. The molecular weight excluding hydrogens is 532 g/mol. The van der Waals surface area contributed by atoms with Crippen LogP contribution in [0.5, 0.6) is 0 Å². The number of amides is 2. The monoisotopic (exact) mass is 556 g/mol. The number of pyridine rings is 2. The molecule has 0 radical (unpaired) electrons. The maximum absolute atomic E-state index is 14.5. The van der Waals surface area contributed by atoms with Gasteiger partial charge in [0.05, 0.1) is 37.8 Å². The molecule has 2 N–H and O–H groups in total. The Morgan fingerprint density at radius 3 is 2.62 bits per heavy atom. The van der Waals surface area contributed by atoms with Gasteiger partial charge in [-0.1, -0.05) is 6.07 Å². The van der Waals surface area contributed by atoms with Crippen LogP contribution in [-0.2, 0) is 15.7 Å². The van der Waals surface area contributed by atoms with E-state index in [0.29, 0.717) is 30.2 Å². The molecule has 2 amide bonds. The maximum atomic E-state index is 14.5. The van der Waals surface area contributed by atoms with Crippen molar-refractivity contribution in [3.05, 3.63) is 70.9 Å². The number of rotatable bonds is 5. The van der Waals surface area contributed by atoms with Crippen LogP contribution in [0.3, 0.4) is 0 Å². The highest BCUT2D eigenvalue weighted by Crippen LogP contribution is 2.60. The number of anilines is 2. The fraction of sp³-hybridized carbons (Fsp3) is 0.357. The van der Waals surface area contributed by atoms with E-state index >= 15 is 0 Å². The lowest BCUT2D eigenvalue weighted by molar-refractivity contribution is -0.143. The van der Waals surface area contributed by atoms with Gasteiger partial charge in [-0.25, -0.2) is 14.4 Å². The van der Waals surface area contributed by atoms with Gasteiger partial charge in [-0.3, -0.25) is 14.5 Å². The summed E-state index contributed by atoms with van der Waals surface area (Å²) in [7, 11) is 0. The lowest BCUT2D eigenvalue weighted by Crippen LogP contribution is -2.57. The van der Waals surface area contributed by atoms with Crippen LogP contribution < -0.4 is 10.2 Å². The second-order valence-electron chi connectivity index (χ2n) is 10.3. The molecule has 12 heteroatoms. The Balaban J connectivity index is 1.34. The molecule has 2 aromatic heterocycles. The van der Waals surface area contributed by atoms with Crippen LogP contribution in [0.4, 0.5) is 29.1 Å². The van der Waals surface area contributed by atoms with E-state index in [1.807, 2.05) is 13.0 Å². The summed E-state index contributed by atoms with van der Waals surface area (Å²) >= 11 is 0. The van der Waals surface area contributed by atoms with Gasteiger partial charge in [-0.2, -0.15) is 13.2 Å². The minimum atomic E-state index is -5.04. The van der Waals surface area contributed by atoms with Crippen molar-refractivity contribution in [1.29, 1.82) is 0 Å². The van der Waals surface area contributed by atoms with E-state index in [4.69, 9.17) is 4.74 Å². The van der Waals surface area contributed by atoms with Gasteiger partial charge in [0.2, 0.25) is 5.91 Å². The number of aromatic nitrogens is 2. The SMILES string of the molecule is Cc1ccc(NC(=O)c2ccnc(C(F)(F)F)c2F)cc1-c1cnc2c(c1)C1C3COCC3C1C(=O)N2CCO. The Bertz CT molecular complexity index is 1530. The first-order valence-corrected chi connectivity index (χ1v) is 12.7. The molecule has 1 saturated heterocycles. The Morgan fingerprint density at radius 2 is 1.90 bits per heavy atom. The number of nitrogens with zero attached hydrogens (tertiary/aromatic N) is 3. The smallest absolute Gasteiger partial charge is 0.395 e. The van der Waals surface area contributed by atoms with E-state index in [1.165, 1.54) is 4.90 Å². The molecule has 8 nitrogen and oxygen atoms in total. The molecule has 3 aliphatic rings. The number of nitrogens with one attached hydrogen (secondary N) is 1. The number of aryl methyl sites for hydroxylation is 1. The molecule has 208 valence electrons. The van der Waals surface area contributed by atoms with Gasteiger partial charge < -0.3 is 15.2 Å². The number of aliphatic hydroxyl groups is 1. The Morgan fingerprint density at radius 1 is 1.15 bits per heavy atom. The highest BCUT2D eigenvalue weighted by atomic mass is 19.4. The quantitative estimate of drug-likeness (QED) is 0.457. The lowest BCUT2D eigenvalue weighted by Gasteiger charge is -2.52. The van der Waals surface area contributed by atoms with Crippen LogP contribution in [0.1, 0.15) is 33.1 Å². The van der Waals surface area contributed by atoms with Gasteiger partial charge in [-0.15, -0.1) is 0 Å². The van der Waals surface area contributed by atoms with Crippen LogP contribution in [0, 0.1) is 30.5 Å². The van der Waals surface area contributed by atoms with Crippen LogP contribution in [0.15, 0.2) is 42.7 Å². The van der Waals surface area contributed by atoms with Gasteiger partial charge in [-0.05, 0) is 48.2 Å². The van der Waals surface area contributed by atoms with Crippen LogP contribution in [0.25, 0.3) is 11.1 Å². The van der Waals surface area contributed by atoms with Crippen molar-refractivity contribution in [2.75, 3.05) is 36.6 Å². The fourth-order valence-corrected chi connectivity index (χ4v) is 6.19. The standard InChI is InChI=1S/C28H24F4N4O4/c1-13-2-3-15(35-26(38)16-4-5-33-24(23(16)29)28(30,31)32)9-17(13)14-8-18-21-19-11-40-12-20(19)22(21)27(39)36(6-7-37)25(18)34-10-14/h2-5,8-10,19-22,37H,6-7,11-12H2,1H3,(H,35,38). The van der Waals surface area contributed by atoms with Crippen LogP contribution in [-0.4, -0.2) is 53.3 Å². The summed E-state index contributed by atoms with van der Waals surface area (Å²) in [6, 6.07) is 7.77. The van der Waals surface area contributed by atoms with Crippen molar-refractivity contribution in [3.8, 4) is 11.1 Å². The second-order valence-corrected chi connectivity index (χ2v) is 10.3. The first-order chi connectivity index (χ1) is 19.1. The molecule has 2 fully saturated rings. The third-order valence-corrected chi connectivity index (χ3v) is 8.07. The van der Waals surface area contributed by atoms with Crippen molar-refractivity contribution in [2.45, 2.75) is 19.0 Å². The summed E-state index contributed by atoms with van der Waals surface area (Å²) < 4.78 is 59.3. The highest BCUT2D eigenvalue weighted by molar-refractivity contribution is 6.05. The lowest BCUT2D eigenvalue weighted by atomic mass is 9.54. The zero-order valence-electron chi connectivity index (χ0n) is 21.2. The Kier molecular flexibility index (Phi) is 6.34. The third kappa shape index (κ3) is 4.13. The molecule has 0 spiro atoms. The van der Waals surface area contributed by atoms with Gasteiger partial charge in [0, 0.05) is 41.0 Å². The summed E-state index contributed by atoms with van der Waals surface area (Å²) in [5.41, 5.74) is 0.827. The number of fused-ring (bicyclic) bond motifs is 6.